The molecule has 0 fully saturated rings. The van der Waals surface area contributed by atoms with Gasteiger partial charge < -0.3 is 10.2 Å². The van der Waals surface area contributed by atoms with Crippen molar-refractivity contribution in [2.75, 3.05) is 10.2 Å². The summed E-state index contributed by atoms with van der Waals surface area (Å²) in [6.45, 7) is 6.77. The minimum atomic E-state index is -0.524. The van der Waals surface area contributed by atoms with Gasteiger partial charge in [0, 0.05) is 11.4 Å². The van der Waals surface area contributed by atoms with Crippen molar-refractivity contribution in [1.29, 1.82) is 0 Å². The number of fused-ring (bicyclic) bond motifs is 1. The van der Waals surface area contributed by atoms with Gasteiger partial charge in [-0.1, -0.05) is 45.0 Å². The fourth-order valence-electron chi connectivity index (χ4n) is 3.52. The van der Waals surface area contributed by atoms with Crippen LogP contribution in [0, 0.1) is 5.82 Å². The number of hydrogen-bond donors (Lipinski definition) is 1. The van der Waals surface area contributed by atoms with Crippen molar-refractivity contribution in [2.24, 2.45) is 0 Å². The Labute approximate surface area is 175 Å². The minimum Gasteiger partial charge on any atom is -0.355 e. The number of amides is 1. The smallest absolute Gasteiger partial charge is 0.299 e. The van der Waals surface area contributed by atoms with E-state index >= 15 is 0 Å². The van der Waals surface area contributed by atoms with Crippen molar-refractivity contribution < 1.29 is 14.0 Å². The molecular formula is C25H23FN2O2. The molecule has 1 aliphatic rings. The van der Waals surface area contributed by atoms with Crippen LogP contribution in [0.1, 0.15) is 42.3 Å². The van der Waals surface area contributed by atoms with Crippen LogP contribution < -0.4 is 10.2 Å². The second-order valence-corrected chi connectivity index (χ2v) is 8.53. The van der Waals surface area contributed by atoms with Gasteiger partial charge in [-0.2, -0.15) is 0 Å². The Balaban J connectivity index is 1.60. The summed E-state index contributed by atoms with van der Waals surface area (Å²) in [4.78, 5) is 26.6. The Bertz CT molecular complexity index is 1110. The van der Waals surface area contributed by atoms with Gasteiger partial charge in [-0.25, -0.2) is 4.39 Å². The molecule has 0 saturated heterocycles. The van der Waals surface area contributed by atoms with Gasteiger partial charge in [0.15, 0.2) is 0 Å². The number of nitrogens with zero attached hydrogens (tertiary/aromatic N) is 1. The Hall–Kier alpha value is -3.47. The Morgan fingerprint density at radius 3 is 2.13 bits per heavy atom. The number of anilines is 3. The van der Waals surface area contributed by atoms with Crippen LogP contribution in [0.15, 0.2) is 66.7 Å². The van der Waals surface area contributed by atoms with Gasteiger partial charge in [-0.05, 0) is 59.0 Å². The summed E-state index contributed by atoms with van der Waals surface area (Å²) in [6, 6.07) is 19.3. The van der Waals surface area contributed by atoms with Crippen LogP contribution in [-0.2, 0) is 16.8 Å². The van der Waals surface area contributed by atoms with E-state index < -0.39 is 11.7 Å². The first-order valence-corrected chi connectivity index (χ1v) is 9.84. The molecule has 1 amide bonds. The lowest BCUT2D eigenvalue weighted by molar-refractivity contribution is -0.114. The molecular weight excluding hydrogens is 379 g/mol. The SMILES string of the molecule is CC(C)(C)c1ccc(CN2C(=O)C(=O)c3ccc(Nc4ccc(F)cc4)cc32)cc1. The zero-order valence-electron chi connectivity index (χ0n) is 17.2. The maximum absolute atomic E-state index is 13.1. The highest BCUT2D eigenvalue weighted by Gasteiger charge is 2.36. The zero-order chi connectivity index (χ0) is 21.5. The summed E-state index contributed by atoms with van der Waals surface area (Å²) in [7, 11) is 0. The van der Waals surface area contributed by atoms with Gasteiger partial charge in [-0.3, -0.25) is 9.59 Å². The molecule has 3 aromatic carbocycles. The largest absolute Gasteiger partial charge is 0.355 e. The molecule has 30 heavy (non-hydrogen) atoms. The summed E-state index contributed by atoms with van der Waals surface area (Å²) in [5.41, 5.74) is 4.63. The van der Waals surface area contributed by atoms with E-state index in [-0.39, 0.29) is 11.2 Å². The van der Waals surface area contributed by atoms with Crippen LogP contribution >= 0.6 is 0 Å². The standard InChI is InChI=1S/C25H23FN2O2/c1-25(2,3)17-6-4-16(5-7-17)15-28-22-14-20(12-13-21(22)23(29)24(28)30)27-19-10-8-18(26)9-11-19/h4-14,27H,15H2,1-3H3. The number of rotatable bonds is 4. The molecule has 0 spiro atoms. The van der Waals surface area contributed by atoms with Gasteiger partial charge in [0.2, 0.25) is 0 Å². The summed E-state index contributed by atoms with van der Waals surface area (Å²) in [5.74, 6) is -1.33. The third-order valence-electron chi connectivity index (χ3n) is 5.27. The third-order valence-corrected chi connectivity index (χ3v) is 5.27. The number of nitrogens with one attached hydrogen (secondary N) is 1. The predicted octanol–water partition coefficient (Wildman–Crippen LogP) is 5.60. The average Bonchev–Trinajstić information content (AvgIpc) is 2.94. The molecule has 4 nitrogen and oxygen atoms in total. The van der Waals surface area contributed by atoms with Crippen LogP contribution in [0.4, 0.5) is 21.5 Å². The molecule has 1 N–H and O–H groups in total. The zero-order valence-corrected chi connectivity index (χ0v) is 17.2. The number of benzene rings is 3. The molecule has 152 valence electrons. The topological polar surface area (TPSA) is 49.4 Å². The van der Waals surface area contributed by atoms with E-state index in [0.29, 0.717) is 17.8 Å². The third kappa shape index (κ3) is 3.83. The van der Waals surface area contributed by atoms with Gasteiger partial charge in [-0.15, -0.1) is 0 Å². The van der Waals surface area contributed by atoms with Gasteiger partial charge in [0.25, 0.3) is 11.7 Å². The molecule has 0 bridgehead atoms. The van der Waals surface area contributed by atoms with Crippen molar-refractivity contribution in [2.45, 2.75) is 32.7 Å². The molecule has 3 aromatic rings. The number of carbonyl (C=O) groups excluding carboxylic acids is 2. The fourth-order valence-corrected chi connectivity index (χ4v) is 3.52. The monoisotopic (exact) mass is 402 g/mol. The van der Waals surface area contributed by atoms with E-state index in [9.17, 15) is 14.0 Å². The van der Waals surface area contributed by atoms with Gasteiger partial charge in [0.05, 0.1) is 17.8 Å². The molecule has 0 aromatic heterocycles. The van der Waals surface area contributed by atoms with E-state index in [1.165, 1.54) is 22.6 Å². The van der Waals surface area contributed by atoms with Crippen LogP contribution in [0.25, 0.3) is 0 Å². The van der Waals surface area contributed by atoms with Crippen LogP contribution in [0.5, 0.6) is 0 Å². The average molecular weight is 402 g/mol. The normalized spacial score (nSPS) is 13.5. The van der Waals surface area contributed by atoms with Crippen LogP contribution in [0.3, 0.4) is 0 Å². The highest BCUT2D eigenvalue weighted by molar-refractivity contribution is 6.52. The maximum atomic E-state index is 13.1. The lowest BCUT2D eigenvalue weighted by Gasteiger charge is -2.21. The quantitative estimate of drug-likeness (QED) is 0.578. The van der Waals surface area contributed by atoms with E-state index in [1.807, 2.05) is 12.1 Å². The van der Waals surface area contributed by atoms with Gasteiger partial charge >= 0.3 is 0 Å². The molecule has 0 saturated carbocycles. The Kier molecular flexibility index (Phi) is 4.90. The lowest BCUT2D eigenvalue weighted by atomic mass is 9.87. The summed E-state index contributed by atoms with van der Waals surface area (Å²) < 4.78 is 13.1. The van der Waals surface area contributed by atoms with Crippen molar-refractivity contribution in [3.05, 3.63) is 89.2 Å². The summed E-state index contributed by atoms with van der Waals surface area (Å²) >= 11 is 0. The second kappa shape index (κ2) is 7.41. The first kappa shape index (κ1) is 19.8. The summed E-state index contributed by atoms with van der Waals surface area (Å²) in [6.07, 6.45) is 0. The lowest BCUT2D eigenvalue weighted by Crippen LogP contribution is -2.29. The minimum absolute atomic E-state index is 0.0471. The fraction of sp³-hybridized carbons (Fsp3) is 0.200. The molecule has 0 unspecified atom stereocenters. The van der Waals surface area contributed by atoms with E-state index in [1.54, 1.807) is 30.3 Å². The van der Waals surface area contributed by atoms with Crippen LogP contribution in [0.2, 0.25) is 0 Å². The number of Topliss-reactive ketones (excluding diaryl/α,β-unsaturated/α-hetero) is 1. The van der Waals surface area contributed by atoms with E-state index in [2.05, 4.69) is 38.2 Å². The Morgan fingerprint density at radius 1 is 0.867 bits per heavy atom. The second-order valence-electron chi connectivity index (χ2n) is 8.53. The molecule has 0 radical (unpaired) electrons. The van der Waals surface area contributed by atoms with Crippen molar-refractivity contribution >= 4 is 28.8 Å². The highest BCUT2D eigenvalue weighted by Crippen LogP contribution is 2.34. The number of carbonyl (C=O) groups is 2. The number of halogens is 1. The first-order chi connectivity index (χ1) is 14.2. The molecule has 5 heteroatoms. The Morgan fingerprint density at radius 2 is 1.50 bits per heavy atom. The van der Waals surface area contributed by atoms with Gasteiger partial charge in [0.1, 0.15) is 5.82 Å². The maximum Gasteiger partial charge on any atom is 0.299 e. The molecule has 0 aliphatic carbocycles. The molecule has 1 aliphatic heterocycles. The van der Waals surface area contributed by atoms with E-state index in [4.69, 9.17) is 0 Å². The van der Waals surface area contributed by atoms with Crippen molar-refractivity contribution in [3.63, 3.8) is 0 Å². The molecule has 1 heterocycles. The predicted molar refractivity (Wildman–Crippen MR) is 117 cm³/mol. The molecule has 4 rings (SSSR count). The van der Waals surface area contributed by atoms with Crippen LogP contribution in [-0.4, -0.2) is 11.7 Å². The number of hydrogen-bond acceptors (Lipinski definition) is 3. The first-order valence-electron chi connectivity index (χ1n) is 9.84. The van der Waals surface area contributed by atoms with Crippen molar-refractivity contribution in [1.82, 2.24) is 0 Å². The highest BCUT2D eigenvalue weighted by atomic mass is 19.1. The molecule has 0 atom stereocenters. The summed E-state index contributed by atoms with van der Waals surface area (Å²) in [5, 5.41) is 3.18. The van der Waals surface area contributed by atoms with E-state index in [0.717, 1.165) is 16.9 Å². The number of ketones is 1. The van der Waals surface area contributed by atoms with Crippen molar-refractivity contribution in [3.8, 4) is 0 Å².